The van der Waals surface area contributed by atoms with Gasteiger partial charge in [-0.15, -0.1) is 0 Å². The van der Waals surface area contributed by atoms with Crippen molar-refractivity contribution >= 4 is 39.3 Å². The summed E-state index contributed by atoms with van der Waals surface area (Å²) in [6.45, 7) is 5.93. The van der Waals surface area contributed by atoms with E-state index in [2.05, 4.69) is 56.1 Å². The molecule has 7 nitrogen and oxygen atoms in total. The molecule has 0 spiro atoms. The normalized spacial score (nSPS) is 23.1. The Kier molecular flexibility index (Phi) is 4.80. The van der Waals surface area contributed by atoms with E-state index in [1.807, 2.05) is 43.6 Å². The lowest BCUT2D eigenvalue weighted by Gasteiger charge is -2.22. The molecule has 36 heavy (non-hydrogen) atoms. The summed E-state index contributed by atoms with van der Waals surface area (Å²) in [6.07, 6.45) is 11.7. The lowest BCUT2D eigenvalue weighted by Crippen LogP contribution is -2.28. The number of ether oxygens (including phenoxy) is 2. The van der Waals surface area contributed by atoms with Crippen LogP contribution in [0.2, 0.25) is 5.02 Å². The molecule has 0 amide bonds. The Labute approximate surface area is 213 Å². The van der Waals surface area contributed by atoms with Crippen LogP contribution in [-0.4, -0.2) is 41.9 Å². The van der Waals surface area contributed by atoms with E-state index in [0.29, 0.717) is 10.8 Å². The fourth-order valence-corrected chi connectivity index (χ4v) is 5.83. The monoisotopic (exact) mass is 499 g/mol. The second-order valence-corrected chi connectivity index (χ2v) is 10.6. The molecule has 7 rings (SSSR count). The predicted octanol–water partition coefficient (Wildman–Crippen LogP) is 5.83. The molecule has 5 aromatic rings. The van der Waals surface area contributed by atoms with Gasteiger partial charge in [0, 0.05) is 35.6 Å². The zero-order chi connectivity index (χ0) is 24.6. The van der Waals surface area contributed by atoms with Crippen LogP contribution in [0.3, 0.4) is 0 Å². The van der Waals surface area contributed by atoms with E-state index >= 15 is 0 Å². The molecular formula is C28H26ClN5O2. The highest BCUT2D eigenvalue weighted by Gasteiger charge is 2.50. The molecule has 0 bridgehead atoms. The van der Waals surface area contributed by atoms with Gasteiger partial charge in [0.15, 0.2) is 5.79 Å². The van der Waals surface area contributed by atoms with Crippen molar-refractivity contribution in [1.29, 1.82) is 0 Å². The molecule has 1 saturated heterocycles. The van der Waals surface area contributed by atoms with Crippen molar-refractivity contribution in [2.24, 2.45) is 0 Å². The number of pyridine rings is 1. The minimum Gasteiger partial charge on any atom is -0.342 e. The first-order chi connectivity index (χ1) is 17.4. The Morgan fingerprint density at radius 3 is 2.81 bits per heavy atom. The highest BCUT2D eigenvalue weighted by atomic mass is 35.5. The molecular weight excluding hydrogens is 474 g/mol. The third-order valence-electron chi connectivity index (χ3n) is 7.34. The van der Waals surface area contributed by atoms with Gasteiger partial charge in [0.25, 0.3) is 0 Å². The summed E-state index contributed by atoms with van der Waals surface area (Å²) in [7, 11) is 0. The summed E-state index contributed by atoms with van der Waals surface area (Å²) < 4.78 is 17.2. The number of aryl methyl sites for hydroxylation is 2. The van der Waals surface area contributed by atoms with Crippen LogP contribution in [0, 0.1) is 6.92 Å². The molecule has 4 aromatic heterocycles. The summed E-state index contributed by atoms with van der Waals surface area (Å²) in [5, 5.41) is 2.82. The average Bonchev–Trinajstić information content (AvgIpc) is 3.60. The van der Waals surface area contributed by atoms with Crippen molar-refractivity contribution in [2.45, 2.75) is 57.6 Å². The number of imidazole rings is 1. The third-order valence-corrected chi connectivity index (χ3v) is 7.72. The maximum Gasteiger partial charge on any atom is 0.235 e. The molecule has 8 heteroatoms. The lowest BCUT2D eigenvalue weighted by atomic mass is 10.0. The minimum absolute atomic E-state index is 0.0142. The summed E-state index contributed by atoms with van der Waals surface area (Å²) in [6, 6.07) is 10.5. The molecule has 5 heterocycles. The van der Waals surface area contributed by atoms with E-state index in [-0.39, 0.29) is 18.2 Å². The number of benzene rings is 1. The van der Waals surface area contributed by atoms with E-state index in [1.165, 1.54) is 11.1 Å². The van der Waals surface area contributed by atoms with E-state index in [4.69, 9.17) is 21.1 Å². The van der Waals surface area contributed by atoms with Gasteiger partial charge in [-0.3, -0.25) is 9.38 Å². The van der Waals surface area contributed by atoms with Crippen LogP contribution < -0.4 is 0 Å². The highest BCUT2D eigenvalue weighted by Crippen LogP contribution is 2.45. The number of fused-ring (bicyclic) bond motifs is 5. The van der Waals surface area contributed by atoms with Crippen LogP contribution in [0.4, 0.5) is 0 Å². The molecule has 0 saturated carbocycles. The van der Waals surface area contributed by atoms with Crippen molar-refractivity contribution < 1.29 is 9.47 Å². The first-order valence-electron chi connectivity index (χ1n) is 12.3. The summed E-state index contributed by atoms with van der Waals surface area (Å²) in [4.78, 5) is 13.5. The quantitative estimate of drug-likeness (QED) is 0.291. The van der Waals surface area contributed by atoms with Crippen molar-refractivity contribution in [1.82, 2.24) is 23.9 Å². The number of nitrogens with zero attached hydrogens (tertiary/aromatic N) is 5. The molecule has 1 fully saturated rings. The van der Waals surface area contributed by atoms with Gasteiger partial charge >= 0.3 is 0 Å². The maximum atomic E-state index is 6.46. The first-order valence-corrected chi connectivity index (χ1v) is 12.6. The Morgan fingerprint density at radius 2 is 1.92 bits per heavy atom. The lowest BCUT2D eigenvalue weighted by molar-refractivity contribution is -0.147. The highest BCUT2D eigenvalue weighted by molar-refractivity contribution is 6.31. The zero-order valence-corrected chi connectivity index (χ0v) is 21.1. The standard InChI is InChI=1S/C28H26ClN5O2/c1-16-21(29)13-18-6-4-17(12-22(18)32-16)5-7-19-14-23(25-24(19)35-28(2,3)36-25)33-10-8-20-15-31-27-30-9-11-34(27)26(20)33/h4,6,8-15,23-25H,5,7H2,1-3H3/t23-,24-,25+/m1/s1. The molecule has 0 radical (unpaired) electrons. The molecule has 1 aliphatic heterocycles. The van der Waals surface area contributed by atoms with Gasteiger partial charge in [-0.1, -0.05) is 29.8 Å². The van der Waals surface area contributed by atoms with Crippen molar-refractivity contribution in [2.75, 3.05) is 0 Å². The minimum atomic E-state index is -0.633. The molecule has 1 aromatic carbocycles. The average molecular weight is 500 g/mol. The summed E-state index contributed by atoms with van der Waals surface area (Å²) in [5.74, 6) is 0.0533. The van der Waals surface area contributed by atoms with Gasteiger partial charge in [-0.05, 0) is 62.9 Å². The predicted molar refractivity (Wildman–Crippen MR) is 139 cm³/mol. The number of rotatable bonds is 4. The summed E-state index contributed by atoms with van der Waals surface area (Å²) in [5.41, 5.74) is 5.40. The molecule has 182 valence electrons. The van der Waals surface area contributed by atoms with Gasteiger partial charge in [0.05, 0.1) is 22.3 Å². The van der Waals surface area contributed by atoms with Gasteiger partial charge in [0.1, 0.15) is 17.9 Å². The van der Waals surface area contributed by atoms with Gasteiger partial charge in [-0.25, -0.2) is 9.97 Å². The SMILES string of the molecule is Cc1nc2cc(CCC3=C[C@@H](n4ccc5cnc6nccn6c54)[C@@H]4OC(C)(C)O[C@H]34)ccc2cc1Cl. The van der Waals surface area contributed by atoms with Crippen LogP contribution in [0.1, 0.15) is 37.6 Å². The Balaban J connectivity index is 1.24. The van der Waals surface area contributed by atoms with Gasteiger partial charge in [0.2, 0.25) is 5.78 Å². The van der Waals surface area contributed by atoms with E-state index in [0.717, 1.165) is 40.5 Å². The number of hydrogen-bond acceptors (Lipinski definition) is 5. The largest absolute Gasteiger partial charge is 0.342 e. The zero-order valence-electron chi connectivity index (χ0n) is 20.4. The molecule has 0 N–H and O–H groups in total. The van der Waals surface area contributed by atoms with E-state index in [1.54, 1.807) is 6.20 Å². The van der Waals surface area contributed by atoms with Gasteiger partial charge < -0.3 is 14.0 Å². The second-order valence-electron chi connectivity index (χ2n) is 10.2. The number of halogens is 1. The number of aromatic nitrogens is 5. The second kappa shape index (κ2) is 7.87. The van der Waals surface area contributed by atoms with Gasteiger partial charge in [-0.2, -0.15) is 0 Å². The Hall–Kier alpha value is -3.26. The smallest absolute Gasteiger partial charge is 0.235 e. The first kappa shape index (κ1) is 22.0. The third kappa shape index (κ3) is 3.45. The van der Waals surface area contributed by atoms with Crippen LogP contribution in [0.15, 0.2) is 66.8 Å². The van der Waals surface area contributed by atoms with Crippen LogP contribution >= 0.6 is 11.6 Å². The topological polar surface area (TPSA) is 66.5 Å². The number of hydrogen-bond donors (Lipinski definition) is 0. The van der Waals surface area contributed by atoms with E-state index < -0.39 is 5.79 Å². The van der Waals surface area contributed by atoms with Crippen LogP contribution in [0.25, 0.3) is 27.7 Å². The van der Waals surface area contributed by atoms with E-state index in [9.17, 15) is 0 Å². The fourth-order valence-electron chi connectivity index (χ4n) is 5.67. The fraction of sp³-hybridized carbons (Fsp3) is 0.321. The van der Waals surface area contributed by atoms with Crippen molar-refractivity contribution in [3.05, 3.63) is 83.0 Å². The Bertz CT molecular complexity index is 1680. The van der Waals surface area contributed by atoms with Crippen LogP contribution in [-0.2, 0) is 15.9 Å². The molecule has 3 atom stereocenters. The van der Waals surface area contributed by atoms with Crippen molar-refractivity contribution in [3.63, 3.8) is 0 Å². The Morgan fingerprint density at radius 1 is 1.03 bits per heavy atom. The summed E-state index contributed by atoms with van der Waals surface area (Å²) >= 11 is 6.26. The van der Waals surface area contributed by atoms with Crippen molar-refractivity contribution in [3.8, 4) is 0 Å². The molecule has 0 unspecified atom stereocenters. The molecule has 2 aliphatic rings. The molecule has 1 aliphatic carbocycles. The van der Waals surface area contributed by atoms with Crippen LogP contribution in [0.5, 0.6) is 0 Å². The maximum absolute atomic E-state index is 6.46.